The van der Waals surface area contributed by atoms with Crippen LogP contribution in [-0.4, -0.2) is 50.6 Å². The Kier molecular flexibility index (Phi) is 7.17. The predicted molar refractivity (Wildman–Crippen MR) is 121 cm³/mol. The molecule has 0 bridgehead atoms. The quantitative estimate of drug-likeness (QED) is 0.608. The van der Waals surface area contributed by atoms with E-state index >= 15 is 0 Å². The van der Waals surface area contributed by atoms with Crippen LogP contribution in [0, 0.1) is 0 Å². The van der Waals surface area contributed by atoms with E-state index in [4.69, 9.17) is 65.4 Å². The molecule has 11 heteroatoms. The molecule has 2 atom stereocenters. The first kappa shape index (κ1) is 22.1. The smallest absolute Gasteiger partial charge is 0.293 e. The van der Waals surface area contributed by atoms with Gasteiger partial charge in [0.25, 0.3) is 12.0 Å². The van der Waals surface area contributed by atoms with Crippen LogP contribution in [-0.2, 0) is 9.47 Å². The molecule has 2 aliphatic heterocycles. The lowest BCUT2D eigenvalue weighted by molar-refractivity contribution is 0.234. The third-order valence-corrected chi connectivity index (χ3v) is 5.07. The zero-order valence-electron chi connectivity index (χ0n) is 16.0. The van der Waals surface area contributed by atoms with Crippen molar-refractivity contribution in [3.05, 3.63) is 56.5 Å². The summed E-state index contributed by atoms with van der Waals surface area (Å²) >= 11 is 23.9. The second-order valence-electron chi connectivity index (χ2n) is 6.76. The van der Waals surface area contributed by atoms with Gasteiger partial charge in [-0.05, 0) is 36.4 Å². The first-order valence-corrected chi connectivity index (χ1v) is 10.8. The summed E-state index contributed by atoms with van der Waals surface area (Å²) in [4.78, 5) is 8.84. The van der Waals surface area contributed by atoms with Gasteiger partial charge in [0.05, 0.1) is 0 Å². The Morgan fingerprint density at radius 2 is 1.10 bits per heavy atom. The highest BCUT2D eigenvalue weighted by Gasteiger charge is 2.25. The van der Waals surface area contributed by atoms with E-state index < -0.39 is 0 Å². The van der Waals surface area contributed by atoms with Gasteiger partial charge in [-0.1, -0.05) is 46.4 Å². The highest BCUT2D eigenvalue weighted by Crippen LogP contribution is 2.25. The molecular weight excluding hydrogens is 488 g/mol. The summed E-state index contributed by atoms with van der Waals surface area (Å²) in [5.74, 6) is 1.14. The lowest BCUT2D eigenvalue weighted by Gasteiger charge is -2.09. The first-order chi connectivity index (χ1) is 14.9. The molecule has 0 amide bonds. The largest absolute Gasteiger partial charge is 0.491 e. The fourth-order valence-electron chi connectivity index (χ4n) is 2.84. The summed E-state index contributed by atoms with van der Waals surface area (Å²) in [5, 5.41) is 4.95. The normalized spacial score (nSPS) is 19.9. The zero-order chi connectivity index (χ0) is 21.8. The van der Waals surface area contributed by atoms with E-state index in [1.54, 1.807) is 36.4 Å². The van der Waals surface area contributed by atoms with E-state index in [9.17, 15) is 0 Å². The summed E-state index contributed by atoms with van der Waals surface area (Å²) in [6.07, 6.45) is 0. The standard InChI is InChI=1S/C20H17Cl4N3O4/c21-11-1-12(22)4-17(3-11)28-7-15-9-30-19(25-15)27-20-26-16(10-31-20)8-29-18-5-13(23)2-14(24)6-18/h1-6,15-16H,7-10H2,(H,25,26,27). The predicted octanol–water partition coefficient (Wildman–Crippen LogP) is 4.86. The van der Waals surface area contributed by atoms with Gasteiger partial charge in [0, 0.05) is 20.1 Å². The second-order valence-corrected chi connectivity index (χ2v) is 8.50. The summed E-state index contributed by atoms with van der Waals surface area (Å²) in [5.41, 5.74) is 0. The van der Waals surface area contributed by atoms with Crippen molar-refractivity contribution in [2.24, 2.45) is 9.98 Å². The Morgan fingerprint density at radius 3 is 1.48 bits per heavy atom. The number of hydrogen-bond acceptors (Lipinski definition) is 7. The molecule has 0 saturated heterocycles. The minimum absolute atomic E-state index is 0.186. The number of rotatable bonds is 6. The molecule has 31 heavy (non-hydrogen) atoms. The number of amidine groups is 2. The fraction of sp³-hybridized carbons (Fsp3) is 0.300. The maximum absolute atomic E-state index is 5.97. The molecule has 7 nitrogen and oxygen atoms in total. The average Bonchev–Trinajstić information content (AvgIpc) is 3.33. The summed E-state index contributed by atoms with van der Waals surface area (Å²) in [7, 11) is 0. The van der Waals surface area contributed by atoms with Gasteiger partial charge in [0.2, 0.25) is 0 Å². The van der Waals surface area contributed by atoms with E-state index in [1.165, 1.54) is 0 Å². The van der Waals surface area contributed by atoms with Crippen LogP contribution in [0.5, 0.6) is 11.5 Å². The van der Waals surface area contributed by atoms with Crippen molar-refractivity contribution in [1.29, 1.82) is 0 Å². The molecule has 0 spiro atoms. The van der Waals surface area contributed by atoms with Crippen LogP contribution in [0.1, 0.15) is 0 Å². The van der Waals surface area contributed by atoms with E-state index in [-0.39, 0.29) is 12.1 Å². The van der Waals surface area contributed by atoms with Crippen LogP contribution < -0.4 is 14.8 Å². The van der Waals surface area contributed by atoms with Crippen LogP contribution in [0.2, 0.25) is 20.1 Å². The minimum atomic E-state index is -0.186. The molecule has 0 fully saturated rings. The lowest BCUT2D eigenvalue weighted by Crippen LogP contribution is -2.30. The number of aliphatic imine (C=N–C) groups is 2. The number of ether oxygens (including phenoxy) is 4. The molecule has 0 aromatic heterocycles. The van der Waals surface area contributed by atoms with Crippen molar-refractivity contribution in [3.63, 3.8) is 0 Å². The van der Waals surface area contributed by atoms with E-state index in [0.29, 0.717) is 70.1 Å². The van der Waals surface area contributed by atoms with Crippen molar-refractivity contribution in [3.8, 4) is 11.5 Å². The Bertz CT molecular complexity index is 898. The van der Waals surface area contributed by atoms with E-state index in [0.717, 1.165) is 0 Å². The van der Waals surface area contributed by atoms with Crippen LogP contribution >= 0.6 is 46.4 Å². The monoisotopic (exact) mass is 503 g/mol. The molecule has 2 unspecified atom stereocenters. The highest BCUT2D eigenvalue weighted by molar-refractivity contribution is 6.35. The molecule has 2 aromatic carbocycles. The van der Waals surface area contributed by atoms with Gasteiger partial charge in [-0.3, -0.25) is 5.32 Å². The third-order valence-electron chi connectivity index (χ3n) is 4.20. The summed E-state index contributed by atoms with van der Waals surface area (Å²) in [6.45, 7) is 1.36. The lowest BCUT2D eigenvalue weighted by atomic mass is 10.3. The molecule has 4 rings (SSSR count). The molecule has 0 aliphatic carbocycles. The maximum atomic E-state index is 5.97. The summed E-state index contributed by atoms with van der Waals surface area (Å²) in [6, 6.07) is 10.3. The molecule has 2 heterocycles. The SMILES string of the molecule is Clc1cc(Cl)cc(OCC2COC(NC3=NC(COc4cc(Cl)cc(Cl)c4)CO3)=N2)c1. The number of nitrogens with one attached hydrogen (secondary N) is 1. The van der Waals surface area contributed by atoms with Crippen molar-refractivity contribution in [2.75, 3.05) is 26.4 Å². The third kappa shape index (κ3) is 6.46. The molecule has 1 N–H and O–H groups in total. The van der Waals surface area contributed by atoms with Crippen LogP contribution in [0.15, 0.2) is 46.4 Å². The first-order valence-electron chi connectivity index (χ1n) is 9.29. The van der Waals surface area contributed by atoms with Gasteiger partial charge in [0.1, 0.15) is 50.0 Å². The molecule has 164 valence electrons. The molecular formula is C20H17Cl4N3O4. The molecule has 2 aromatic rings. The number of halogens is 4. The number of hydrogen-bond donors (Lipinski definition) is 1. The van der Waals surface area contributed by atoms with Gasteiger partial charge in [0.15, 0.2) is 0 Å². The van der Waals surface area contributed by atoms with Gasteiger partial charge < -0.3 is 18.9 Å². The Labute approximate surface area is 198 Å². The second kappa shape index (κ2) is 10.0. The van der Waals surface area contributed by atoms with Gasteiger partial charge >= 0.3 is 0 Å². The topological polar surface area (TPSA) is 73.7 Å². The molecule has 2 aliphatic rings. The van der Waals surface area contributed by atoms with E-state index in [1.807, 2.05) is 0 Å². The Balaban J connectivity index is 1.25. The van der Waals surface area contributed by atoms with Crippen molar-refractivity contribution < 1.29 is 18.9 Å². The minimum Gasteiger partial charge on any atom is -0.491 e. The number of benzene rings is 2. The Hall–Kier alpha value is -2.06. The molecule has 0 saturated carbocycles. The van der Waals surface area contributed by atoms with Gasteiger partial charge in [-0.25, -0.2) is 9.98 Å². The number of nitrogens with zero attached hydrogens (tertiary/aromatic N) is 2. The zero-order valence-corrected chi connectivity index (χ0v) is 19.0. The summed E-state index contributed by atoms with van der Waals surface area (Å²) < 4.78 is 22.5. The molecule has 0 radical (unpaired) electrons. The van der Waals surface area contributed by atoms with Crippen LogP contribution in [0.25, 0.3) is 0 Å². The van der Waals surface area contributed by atoms with Gasteiger partial charge in [-0.2, -0.15) is 0 Å². The van der Waals surface area contributed by atoms with Crippen molar-refractivity contribution in [1.82, 2.24) is 5.32 Å². The average molecular weight is 505 g/mol. The van der Waals surface area contributed by atoms with Crippen LogP contribution in [0.3, 0.4) is 0 Å². The fourth-order valence-corrected chi connectivity index (χ4v) is 3.85. The van der Waals surface area contributed by atoms with Crippen molar-refractivity contribution >= 4 is 58.4 Å². The highest BCUT2D eigenvalue weighted by atomic mass is 35.5. The maximum Gasteiger partial charge on any atom is 0.293 e. The van der Waals surface area contributed by atoms with E-state index in [2.05, 4.69) is 15.3 Å². The van der Waals surface area contributed by atoms with Gasteiger partial charge in [-0.15, -0.1) is 0 Å². The Morgan fingerprint density at radius 1 is 0.710 bits per heavy atom. The van der Waals surface area contributed by atoms with Crippen molar-refractivity contribution in [2.45, 2.75) is 12.1 Å². The van der Waals surface area contributed by atoms with Crippen LogP contribution in [0.4, 0.5) is 0 Å².